The molecule has 2 fully saturated rings. The molecule has 0 saturated carbocycles. The maximum atomic E-state index is 12.1. The van der Waals surface area contributed by atoms with Crippen molar-refractivity contribution >= 4 is 23.6 Å². The molecule has 1 unspecified atom stereocenters. The summed E-state index contributed by atoms with van der Waals surface area (Å²) in [7, 11) is 0. The van der Waals surface area contributed by atoms with Gasteiger partial charge in [0.15, 0.2) is 0 Å². The predicted octanol–water partition coefficient (Wildman–Crippen LogP) is 1.60. The predicted molar refractivity (Wildman–Crippen MR) is 67.0 cm³/mol. The van der Waals surface area contributed by atoms with Crippen LogP contribution in [0.1, 0.15) is 32.6 Å². The number of hydrogen-bond donors (Lipinski definition) is 1. The van der Waals surface area contributed by atoms with E-state index in [0.717, 1.165) is 18.6 Å². The van der Waals surface area contributed by atoms with Crippen LogP contribution in [0.25, 0.3) is 0 Å². The number of nitrogens with zero attached hydrogens (tertiary/aromatic N) is 1. The van der Waals surface area contributed by atoms with Crippen LogP contribution in [-0.2, 0) is 9.59 Å². The largest absolute Gasteiger partial charge is 0.481 e. The summed E-state index contributed by atoms with van der Waals surface area (Å²) < 4.78 is 0. The third-order valence-electron chi connectivity index (χ3n) is 3.90. The summed E-state index contributed by atoms with van der Waals surface area (Å²) in [6.07, 6.45) is 3.26. The zero-order valence-electron chi connectivity index (χ0n) is 10.1. The molecule has 2 rings (SSSR count). The SMILES string of the molecule is CC1(C(=O)O)CCN(C(=O)C2CCCS2)CC1. The quantitative estimate of drug-likeness (QED) is 0.816. The van der Waals surface area contributed by atoms with E-state index in [2.05, 4.69) is 0 Å². The fourth-order valence-corrected chi connectivity index (χ4v) is 3.65. The molecule has 5 heteroatoms. The highest BCUT2D eigenvalue weighted by molar-refractivity contribution is 8.00. The summed E-state index contributed by atoms with van der Waals surface area (Å²) >= 11 is 1.74. The van der Waals surface area contributed by atoms with Gasteiger partial charge in [-0.2, -0.15) is 0 Å². The van der Waals surface area contributed by atoms with Crippen LogP contribution in [-0.4, -0.2) is 46.0 Å². The lowest BCUT2D eigenvalue weighted by Crippen LogP contribution is -2.47. The van der Waals surface area contributed by atoms with Gasteiger partial charge in [0.05, 0.1) is 10.7 Å². The van der Waals surface area contributed by atoms with Crippen molar-refractivity contribution in [3.63, 3.8) is 0 Å². The Kier molecular flexibility index (Phi) is 3.66. The van der Waals surface area contributed by atoms with Gasteiger partial charge in [-0.15, -0.1) is 11.8 Å². The van der Waals surface area contributed by atoms with E-state index in [-0.39, 0.29) is 11.2 Å². The molecule has 17 heavy (non-hydrogen) atoms. The molecule has 0 spiro atoms. The normalized spacial score (nSPS) is 28.1. The first-order valence-corrected chi connectivity index (χ1v) is 7.22. The second kappa shape index (κ2) is 4.88. The maximum absolute atomic E-state index is 12.1. The van der Waals surface area contributed by atoms with E-state index >= 15 is 0 Å². The molecule has 2 saturated heterocycles. The van der Waals surface area contributed by atoms with Crippen molar-refractivity contribution in [1.82, 2.24) is 4.90 Å². The van der Waals surface area contributed by atoms with E-state index in [1.165, 1.54) is 0 Å². The van der Waals surface area contributed by atoms with Crippen LogP contribution >= 0.6 is 11.8 Å². The van der Waals surface area contributed by atoms with Gasteiger partial charge in [-0.25, -0.2) is 0 Å². The van der Waals surface area contributed by atoms with Gasteiger partial charge in [0.25, 0.3) is 0 Å². The van der Waals surface area contributed by atoms with Crippen LogP contribution in [0.2, 0.25) is 0 Å². The number of carboxylic acid groups (broad SMARTS) is 1. The Morgan fingerprint density at radius 3 is 2.47 bits per heavy atom. The van der Waals surface area contributed by atoms with E-state index in [1.54, 1.807) is 18.7 Å². The Bertz CT molecular complexity index is 318. The zero-order chi connectivity index (χ0) is 12.5. The Hall–Kier alpha value is -0.710. The molecule has 1 amide bonds. The molecular weight excluding hydrogens is 238 g/mol. The van der Waals surface area contributed by atoms with Gasteiger partial charge < -0.3 is 10.0 Å². The van der Waals surface area contributed by atoms with Crippen molar-refractivity contribution in [1.29, 1.82) is 0 Å². The van der Waals surface area contributed by atoms with Crippen molar-refractivity contribution < 1.29 is 14.7 Å². The first-order chi connectivity index (χ1) is 8.03. The van der Waals surface area contributed by atoms with Crippen molar-refractivity contribution in [2.45, 2.75) is 37.9 Å². The second-order valence-corrected chi connectivity index (χ2v) is 6.50. The minimum Gasteiger partial charge on any atom is -0.481 e. The monoisotopic (exact) mass is 257 g/mol. The first kappa shape index (κ1) is 12.7. The Morgan fingerprint density at radius 1 is 1.35 bits per heavy atom. The van der Waals surface area contributed by atoms with Gasteiger partial charge in [0.2, 0.25) is 5.91 Å². The molecule has 1 atom stereocenters. The van der Waals surface area contributed by atoms with Crippen LogP contribution in [0.3, 0.4) is 0 Å². The molecule has 96 valence electrons. The van der Waals surface area contributed by atoms with Crippen LogP contribution in [0.4, 0.5) is 0 Å². The molecule has 2 aliphatic heterocycles. The number of rotatable bonds is 2. The molecular formula is C12H19NO3S. The summed E-state index contributed by atoms with van der Waals surface area (Å²) in [6.45, 7) is 2.97. The summed E-state index contributed by atoms with van der Waals surface area (Å²) in [5, 5.41) is 9.26. The minimum absolute atomic E-state index is 0.129. The van der Waals surface area contributed by atoms with Gasteiger partial charge in [0, 0.05) is 13.1 Å². The number of carbonyl (C=O) groups excluding carboxylic acids is 1. The average molecular weight is 257 g/mol. The summed E-state index contributed by atoms with van der Waals surface area (Å²) in [5.41, 5.74) is -0.639. The van der Waals surface area contributed by atoms with Crippen LogP contribution in [0.15, 0.2) is 0 Å². The number of carbonyl (C=O) groups is 2. The molecule has 0 aromatic carbocycles. The summed E-state index contributed by atoms with van der Waals surface area (Å²) in [4.78, 5) is 25.1. The lowest BCUT2D eigenvalue weighted by atomic mass is 9.80. The smallest absolute Gasteiger partial charge is 0.309 e. The average Bonchev–Trinajstić information content (AvgIpc) is 2.82. The Balaban J connectivity index is 1.90. The molecule has 4 nitrogen and oxygen atoms in total. The lowest BCUT2D eigenvalue weighted by Gasteiger charge is -2.37. The number of carboxylic acids is 1. The fourth-order valence-electron chi connectivity index (χ4n) is 2.41. The number of likely N-dealkylation sites (tertiary alicyclic amines) is 1. The van der Waals surface area contributed by atoms with Gasteiger partial charge in [-0.05, 0) is 38.4 Å². The zero-order valence-corrected chi connectivity index (χ0v) is 11.0. The van der Waals surface area contributed by atoms with Crippen LogP contribution in [0, 0.1) is 5.41 Å². The van der Waals surface area contributed by atoms with E-state index in [0.29, 0.717) is 25.9 Å². The molecule has 2 heterocycles. The Labute approximate surface area is 106 Å². The number of amides is 1. The standard InChI is InChI=1S/C12H19NO3S/c1-12(11(15)16)4-6-13(7-5-12)10(14)9-3-2-8-17-9/h9H,2-8H2,1H3,(H,15,16). The summed E-state index contributed by atoms with van der Waals surface area (Å²) in [6, 6.07) is 0. The number of hydrogen-bond acceptors (Lipinski definition) is 3. The van der Waals surface area contributed by atoms with Gasteiger partial charge in [0.1, 0.15) is 0 Å². The van der Waals surface area contributed by atoms with Crippen molar-refractivity contribution in [2.75, 3.05) is 18.8 Å². The Morgan fingerprint density at radius 2 is 2.00 bits per heavy atom. The first-order valence-electron chi connectivity index (χ1n) is 6.17. The minimum atomic E-state index is -0.736. The molecule has 0 aromatic rings. The number of piperidine rings is 1. The topological polar surface area (TPSA) is 57.6 Å². The fraction of sp³-hybridized carbons (Fsp3) is 0.833. The van der Waals surface area contributed by atoms with E-state index in [9.17, 15) is 9.59 Å². The second-order valence-electron chi connectivity index (χ2n) is 5.19. The highest BCUT2D eigenvalue weighted by Gasteiger charge is 2.39. The van der Waals surface area contributed by atoms with Crippen LogP contribution < -0.4 is 0 Å². The molecule has 0 bridgehead atoms. The van der Waals surface area contributed by atoms with Gasteiger partial charge in [-0.3, -0.25) is 9.59 Å². The van der Waals surface area contributed by atoms with Gasteiger partial charge >= 0.3 is 5.97 Å². The van der Waals surface area contributed by atoms with E-state index in [1.807, 2.05) is 4.90 Å². The lowest BCUT2D eigenvalue weighted by molar-refractivity contribution is -0.152. The molecule has 0 radical (unpaired) electrons. The summed E-state index contributed by atoms with van der Waals surface area (Å²) in [5.74, 6) is 0.566. The van der Waals surface area contributed by atoms with Crippen LogP contribution in [0.5, 0.6) is 0 Å². The van der Waals surface area contributed by atoms with Crippen molar-refractivity contribution in [2.24, 2.45) is 5.41 Å². The van der Waals surface area contributed by atoms with Gasteiger partial charge in [-0.1, -0.05) is 0 Å². The number of aliphatic carboxylic acids is 1. The van der Waals surface area contributed by atoms with Crippen molar-refractivity contribution in [3.05, 3.63) is 0 Å². The third-order valence-corrected chi connectivity index (χ3v) is 5.26. The molecule has 2 aliphatic rings. The van der Waals surface area contributed by atoms with E-state index < -0.39 is 11.4 Å². The van der Waals surface area contributed by atoms with E-state index in [4.69, 9.17) is 5.11 Å². The van der Waals surface area contributed by atoms with Crippen molar-refractivity contribution in [3.8, 4) is 0 Å². The highest BCUT2D eigenvalue weighted by Crippen LogP contribution is 2.33. The maximum Gasteiger partial charge on any atom is 0.309 e. The number of thioether (sulfide) groups is 1. The highest BCUT2D eigenvalue weighted by atomic mass is 32.2. The third kappa shape index (κ3) is 2.59. The molecule has 0 aliphatic carbocycles. The molecule has 0 aromatic heterocycles. The molecule has 1 N–H and O–H groups in total.